The SMILES string of the molecule is O[C@@H](COCc1ccccc1F)CN1CCO[C@@H](Cn2cccn2)C1. The minimum absolute atomic E-state index is 0.0557. The van der Waals surface area contributed by atoms with Gasteiger partial charge in [-0.1, -0.05) is 18.2 Å². The van der Waals surface area contributed by atoms with Gasteiger partial charge in [-0.05, 0) is 12.1 Å². The van der Waals surface area contributed by atoms with Crippen molar-refractivity contribution in [2.45, 2.75) is 25.4 Å². The Labute approximate surface area is 146 Å². The minimum Gasteiger partial charge on any atom is -0.389 e. The first-order chi connectivity index (χ1) is 12.2. The summed E-state index contributed by atoms with van der Waals surface area (Å²) >= 11 is 0. The van der Waals surface area contributed by atoms with Gasteiger partial charge in [0, 0.05) is 37.6 Å². The molecular weight excluding hydrogens is 325 g/mol. The summed E-state index contributed by atoms with van der Waals surface area (Å²) in [6, 6.07) is 8.39. The maximum absolute atomic E-state index is 13.5. The van der Waals surface area contributed by atoms with Gasteiger partial charge in [-0.25, -0.2) is 4.39 Å². The van der Waals surface area contributed by atoms with E-state index in [4.69, 9.17) is 9.47 Å². The lowest BCUT2D eigenvalue weighted by atomic mass is 10.2. The predicted molar refractivity (Wildman–Crippen MR) is 90.5 cm³/mol. The molecule has 1 aromatic heterocycles. The maximum atomic E-state index is 13.5. The summed E-state index contributed by atoms with van der Waals surface area (Å²) in [7, 11) is 0. The van der Waals surface area contributed by atoms with Crippen LogP contribution >= 0.6 is 0 Å². The van der Waals surface area contributed by atoms with Gasteiger partial charge < -0.3 is 14.6 Å². The van der Waals surface area contributed by atoms with Crippen LogP contribution in [0.1, 0.15) is 5.56 Å². The first-order valence-electron chi connectivity index (χ1n) is 8.51. The van der Waals surface area contributed by atoms with E-state index in [2.05, 4.69) is 10.00 Å². The Kier molecular flexibility index (Phi) is 6.52. The van der Waals surface area contributed by atoms with Crippen LogP contribution in [0.3, 0.4) is 0 Å². The van der Waals surface area contributed by atoms with Crippen LogP contribution in [0.5, 0.6) is 0 Å². The Morgan fingerprint density at radius 2 is 2.24 bits per heavy atom. The number of aromatic nitrogens is 2. The fraction of sp³-hybridized carbons (Fsp3) is 0.500. The van der Waals surface area contributed by atoms with Gasteiger partial charge in [-0.2, -0.15) is 5.10 Å². The number of aliphatic hydroxyl groups excluding tert-OH is 1. The summed E-state index contributed by atoms with van der Waals surface area (Å²) in [5.74, 6) is -0.286. The van der Waals surface area contributed by atoms with Gasteiger partial charge in [0.15, 0.2) is 0 Å². The largest absolute Gasteiger partial charge is 0.389 e. The molecule has 6 nitrogen and oxygen atoms in total. The summed E-state index contributed by atoms with van der Waals surface area (Å²) in [5.41, 5.74) is 0.500. The normalized spacial score (nSPS) is 19.8. The number of halogens is 1. The van der Waals surface area contributed by atoms with Crippen molar-refractivity contribution in [2.24, 2.45) is 0 Å². The fourth-order valence-corrected chi connectivity index (χ4v) is 2.94. The molecule has 0 saturated carbocycles. The third kappa shape index (κ3) is 5.61. The first-order valence-corrected chi connectivity index (χ1v) is 8.51. The van der Waals surface area contributed by atoms with E-state index in [9.17, 15) is 9.50 Å². The van der Waals surface area contributed by atoms with E-state index in [1.165, 1.54) is 6.07 Å². The number of hydrogen-bond acceptors (Lipinski definition) is 5. The van der Waals surface area contributed by atoms with Crippen LogP contribution in [0.2, 0.25) is 0 Å². The Bertz CT molecular complexity index is 638. The van der Waals surface area contributed by atoms with E-state index in [1.54, 1.807) is 24.4 Å². The molecule has 1 aromatic carbocycles. The standard InChI is InChI=1S/C18H24FN3O3/c19-18-5-2-1-4-15(18)13-24-14-16(23)10-21-8-9-25-17(11-21)12-22-7-3-6-20-22/h1-7,16-17,23H,8-14H2/t16-,17-/m1/s1. The topological polar surface area (TPSA) is 59.8 Å². The highest BCUT2D eigenvalue weighted by molar-refractivity contribution is 5.16. The Morgan fingerprint density at radius 1 is 1.36 bits per heavy atom. The lowest BCUT2D eigenvalue weighted by Gasteiger charge is -2.34. The molecule has 0 amide bonds. The molecule has 0 spiro atoms. The zero-order chi connectivity index (χ0) is 17.5. The molecule has 25 heavy (non-hydrogen) atoms. The number of β-amino-alcohol motifs (C(OH)–C–C–N with tert-alkyl or cyclic N) is 1. The van der Waals surface area contributed by atoms with Gasteiger partial charge in [0.25, 0.3) is 0 Å². The summed E-state index contributed by atoms with van der Waals surface area (Å²) < 4.78 is 26.6. The molecule has 2 heterocycles. The number of rotatable bonds is 8. The minimum atomic E-state index is -0.616. The van der Waals surface area contributed by atoms with Crippen LogP contribution in [0, 0.1) is 5.82 Å². The summed E-state index contributed by atoms with van der Waals surface area (Å²) in [5, 5.41) is 14.4. The van der Waals surface area contributed by atoms with Gasteiger partial charge >= 0.3 is 0 Å². The second kappa shape index (κ2) is 9.05. The first kappa shape index (κ1) is 18.0. The van der Waals surface area contributed by atoms with Crippen molar-refractivity contribution < 1.29 is 19.0 Å². The smallest absolute Gasteiger partial charge is 0.128 e. The molecule has 0 bridgehead atoms. The molecule has 1 fully saturated rings. The summed E-state index contributed by atoms with van der Waals surface area (Å²) in [6.45, 7) is 3.70. The van der Waals surface area contributed by atoms with Crippen LogP contribution in [0.4, 0.5) is 4.39 Å². The molecule has 3 rings (SSSR count). The summed E-state index contributed by atoms with van der Waals surface area (Å²) in [4.78, 5) is 2.16. The number of aliphatic hydroxyl groups is 1. The highest BCUT2D eigenvalue weighted by atomic mass is 19.1. The molecule has 136 valence electrons. The number of hydrogen-bond donors (Lipinski definition) is 1. The monoisotopic (exact) mass is 349 g/mol. The molecule has 1 N–H and O–H groups in total. The Balaban J connectivity index is 1.38. The number of ether oxygens (including phenoxy) is 2. The van der Waals surface area contributed by atoms with E-state index >= 15 is 0 Å². The van der Waals surface area contributed by atoms with Gasteiger partial charge in [-0.15, -0.1) is 0 Å². The number of nitrogens with zero attached hydrogens (tertiary/aromatic N) is 3. The maximum Gasteiger partial charge on any atom is 0.128 e. The molecule has 0 unspecified atom stereocenters. The third-order valence-corrected chi connectivity index (χ3v) is 4.17. The molecular formula is C18H24FN3O3. The van der Waals surface area contributed by atoms with Crippen LogP contribution in [-0.2, 0) is 22.6 Å². The Morgan fingerprint density at radius 3 is 3.04 bits per heavy atom. The van der Waals surface area contributed by atoms with Gasteiger partial charge in [0.05, 0.1) is 38.6 Å². The van der Waals surface area contributed by atoms with E-state index in [0.29, 0.717) is 25.3 Å². The van der Waals surface area contributed by atoms with Gasteiger partial charge in [0.2, 0.25) is 0 Å². The average molecular weight is 349 g/mol. The molecule has 2 atom stereocenters. The van der Waals surface area contributed by atoms with Crippen LogP contribution < -0.4 is 0 Å². The lowest BCUT2D eigenvalue weighted by molar-refractivity contribution is -0.0584. The molecule has 7 heteroatoms. The highest BCUT2D eigenvalue weighted by Crippen LogP contribution is 2.10. The average Bonchev–Trinajstić information content (AvgIpc) is 3.10. The molecule has 0 radical (unpaired) electrons. The van der Waals surface area contributed by atoms with Crippen molar-refractivity contribution in [3.8, 4) is 0 Å². The second-order valence-electron chi connectivity index (χ2n) is 6.24. The third-order valence-electron chi connectivity index (χ3n) is 4.17. The van der Waals surface area contributed by atoms with Crippen molar-refractivity contribution >= 4 is 0 Å². The van der Waals surface area contributed by atoms with Gasteiger partial charge in [-0.3, -0.25) is 9.58 Å². The molecule has 1 saturated heterocycles. The van der Waals surface area contributed by atoms with E-state index in [0.717, 1.165) is 13.1 Å². The second-order valence-corrected chi connectivity index (χ2v) is 6.24. The predicted octanol–water partition coefficient (Wildman–Crippen LogP) is 1.30. The van der Waals surface area contributed by atoms with Crippen molar-refractivity contribution in [2.75, 3.05) is 32.8 Å². The van der Waals surface area contributed by atoms with Crippen molar-refractivity contribution in [3.63, 3.8) is 0 Å². The quantitative estimate of drug-likeness (QED) is 0.778. The molecule has 0 aliphatic carbocycles. The molecule has 2 aromatic rings. The Hall–Kier alpha value is -1.80. The zero-order valence-electron chi connectivity index (χ0n) is 14.1. The number of morpholine rings is 1. The van der Waals surface area contributed by atoms with E-state index < -0.39 is 6.10 Å². The zero-order valence-corrected chi connectivity index (χ0v) is 14.1. The van der Waals surface area contributed by atoms with Crippen molar-refractivity contribution in [1.29, 1.82) is 0 Å². The highest BCUT2D eigenvalue weighted by Gasteiger charge is 2.22. The van der Waals surface area contributed by atoms with Crippen molar-refractivity contribution in [1.82, 2.24) is 14.7 Å². The van der Waals surface area contributed by atoms with E-state index in [-0.39, 0.29) is 25.1 Å². The lowest BCUT2D eigenvalue weighted by Crippen LogP contribution is -2.47. The number of benzene rings is 1. The summed E-state index contributed by atoms with van der Waals surface area (Å²) in [6.07, 6.45) is 3.10. The molecule has 1 aliphatic heterocycles. The fourth-order valence-electron chi connectivity index (χ4n) is 2.94. The van der Waals surface area contributed by atoms with Crippen LogP contribution in [0.15, 0.2) is 42.7 Å². The molecule has 1 aliphatic rings. The van der Waals surface area contributed by atoms with Crippen LogP contribution in [0.25, 0.3) is 0 Å². The van der Waals surface area contributed by atoms with E-state index in [1.807, 2.05) is 16.9 Å². The van der Waals surface area contributed by atoms with Crippen molar-refractivity contribution in [3.05, 3.63) is 54.1 Å². The van der Waals surface area contributed by atoms with Gasteiger partial charge in [0.1, 0.15) is 5.82 Å². The van der Waals surface area contributed by atoms with Crippen LogP contribution in [-0.4, -0.2) is 64.8 Å².